The van der Waals surface area contributed by atoms with Gasteiger partial charge in [-0.3, -0.25) is 4.79 Å². The molecule has 0 radical (unpaired) electrons. The first-order valence-electron chi connectivity index (χ1n) is 7.68. The van der Waals surface area contributed by atoms with Gasteiger partial charge in [0.1, 0.15) is 0 Å². The van der Waals surface area contributed by atoms with Crippen LogP contribution < -0.4 is 14.4 Å². The highest BCUT2D eigenvalue weighted by atomic mass is 16.5. The second-order valence-electron chi connectivity index (χ2n) is 5.85. The molecule has 2 aromatic carbocycles. The van der Waals surface area contributed by atoms with E-state index in [0.29, 0.717) is 11.5 Å². The number of nitrogens with zero attached hydrogens (tertiary/aromatic N) is 1. The Balaban J connectivity index is 1.91. The van der Waals surface area contributed by atoms with Crippen molar-refractivity contribution in [1.29, 1.82) is 0 Å². The Bertz CT molecular complexity index is 708. The molecule has 0 aliphatic heterocycles. The van der Waals surface area contributed by atoms with Gasteiger partial charge in [-0.25, -0.2) is 0 Å². The molecule has 1 fully saturated rings. The molecule has 1 aliphatic rings. The zero-order valence-corrected chi connectivity index (χ0v) is 13.7. The van der Waals surface area contributed by atoms with Crippen LogP contribution in [0, 0.1) is 0 Å². The molecular formula is C19H21NO3. The van der Waals surface area contributed by atoms with Crippen LogP contribution in [0.3, 0.4) is 0 Å². The van der Waals surface area contributed by atoms with Crippen molar-refractivity contribution in [2.75, 3.05) is 26.2 Å². The van der Waals surface area contributed by atoms with Gasteiger partial charge >= 0.3 is 0 Å². The topological polar surface area (TPSA) is 38.8 Å². The summed E-state index contributed by atoms with van der Waals surface area (Å²) in [5.74, 6) is 1.46. The average Bonchev–Trinajstić information content (AvgIpc) is 3.42. The maximum absolute atomic E-state index is 13.0. The lowest BCUT2D eigenvalue weighted by atomic mass is 9.93. The predicted molar refractivity (Wildman–Crippen MR) is 90.3 cm³/mol. The van der Waals surface area contributed by atoms with Gasteiger partial charge in [0, 0.05) is 12.7 Å². The largest absolute Gasteiger partial charge is 0.493 e. The molecule has 4 nitrogen and oxygen atoms in total. The van der Waals surface area contributed by atoms with Gasteiger partial charge in [-0.1, -0.05) is 24.3 Å². The van der Waals surface area contributed by atoms with Crippen LogP contribution in [0.1, 0.15) is 18.4 Å². The molecule has 120 valence electrons. The molecule has 0 aromatic heterocycles. The monoisotopic (exact) mass is 311 g/mol. The summed E-state index contributed by atoms with van der Waals surface area (Å²) in [6.45, 7) is 0. The van der Waals surface area contributed by atoms with Crippen molar-refractivity contribution in [3.63, 3.8) is 0 Å². The van der Waals surface area contributed by atoms with Crippen molar-refractivity contribution >= 4 is 11.6 Å². The van der Waals surface area contributed by atoms with E-state index in [9.17, 15) is 4.79 Å². The van der Waals surface area contributed by atoms with Gasteiger partial charge in [-0.15, -0.1) is 0 Å². The Morgan fingerprint density at radius 1 is 1.00 bits per heavy atom. The lowest BCUT2D eigenvalue weighted by molar-refractivity contribution is -0.120. The SMILES string of the molecule is COc1ccc(C2(C(=O)N(C)c3ccccc3)CC2)cc1OC. The fraction of sp³-hybridized carbons (Fsp3) is 0.316. The number of para-hydroxylation sites is 1. The van der Waals surface area contributed by atoms with Crippen LogP contribution in [0.2, 0.25) is 0 Å². The number of likely N-dealkylation sites (N-methyl/N-ethyl adjacent to an activating group) is 1. The van der Waals surface area contributed by atoms with E-state index in [1.165, 1.54) is 0 Å². The summed E-state index contributed by atoms with van der Waals surface area (Å²) in [7, 11) is 5.05. The summed E-state index contributed by atoms with van der Waals surface area (Å²) in [6.07, 6.45) is 1.72. The third-order valence-corrected chi connectivity index (χ3v) is 4.54. The molecule has 1 saturated carbocycles. The molecule has 0 spiro atoms. The first-order chi connectivity index (χ1) is 11.1. The molecule has 1 amide bonds. The fourth-order valence-electron chi connectivity index (χ4n) is 2.97. The van der Waals surface area contributed by atoms with Crippen LogP contribution in [0.5, 0.6) is 11.5 Å². The van der Waals surface area contributed by atoms with E-state index in [2.05, 4.69) is 0 Å². The standard InChI is InChI=1S/C19H21NO3/c1-20(15-7-5-4-6-8-15)18(21)19(11-12-19)14-9-10-16(22-2)17(13-14)23-3/h4-10,13H,11-12H2,1-3H3. The summed E-state index contributed by atoms with van der Waals surface area (Å²) >= 11 is 0. The molecule has 3 rings (SSSR count). The lowest BCUT2D eigenvalue weighted by Crippen LogP contribution is -2.36. The zero-order valence-electron chi connectivity index (χ0n) is 13.7. The van der Waals surface area contributed by atoms with Gasteiger partial charge in [-0.05, 0) is 42.7 Å². The van der Waals surface area contributed by atoms with Crippen LogP contribution in [-0.4, -0.2) is 27.2 Å². The highest BCUT2D eigenvalue weighted by molar-refractivity contribution is 6.03. The number of benzene rings is 2. The summed E-state index contributed by atoms with van der Waals surface area (Å²) < 4.78 is 10.7. The summed E-state index contributed by atoms with van der Waals surface area (Å²) in [4.78, 5) is 14.8. The minimum Gasteiger partial charge on any atom is -0.493 e. The smallest absolute Gasteiger partial charge is 0.237 e. The molecule has 0 unspecified atom stereocenters. The fourth-order valence-corrected chi connectivity index (χ4v) is 2.97. The molecule has 4 heteroatoms. The van der Waals surface area contributed by atoms with Crippen molar-refractivity contribution in [3.8, 4) is 11.5 Å². The number of methoxy groups -OCH3 is 2. The summed E-state index contributed by atoms with van der Waals surface area (Å²) in [5.41, 5.74) is 1.46. The van der Waals surface area contributed by atoms with E-state index in [1.54, 1.807) is 19.1 Å². The maximum atomic E-state index is 13.0. The number of hydrogen-bond donors (Lipinski definition) is 0. The van der Waals surface area contributed by atoms with Crippen molar-refractivity contribution in [3.05, 3.63) is 54.1 Å². The minimum absolute atomic E-state index is 0.121. The van der Waals surface area contributed by atoms with Crippen LogP contribution in [-0.2, 0) is 10.2 Å². The molecule has 23 heavy (non-hydrogen) atoms. The number of rotatable bonds is 5. The van der Waals surface area contributed by atoms with E-state index in [4.69, 9.17) is 9.47 Å². The molecule has 0 atom stereocenters. The Kier molecular flexibility index (Phi) is 3.99. The van der Waals surface area contributed by atoms with E-state index in [-0.39, 0.29) is 5.91 Å². The zero-order chi connectivity index (χ0) is 16.4. The van der Waals surface area contributed by atoms with Crippen molar-refractivity contribution in [1.82, 2.24) is 0 Å². The van der Waals surface area contributed by atoms with Gasteiger partial charge in [-0.2, -0.15) is 0 Å². The number of hydrogen-bond acceptors (Lipinski definition) is 3. The van der Waals surface area contributed by atoms with Gasteiger partial charge in [0.25, 0.3) is 0 Å². The lowest BCUT2D eigenvalue weighted by Gasteiger charge is -2.24. The number of ether oxygens (including phenoxy) is 2. The van der Waals surface area contributed by atoms with Crippen LogP contribution >= 0.6 is 0 Å². The predicted octanol–water partition coefficient (Wildman–Crippen LogP) is 3.40. The highest BCUT2D eigenvalue weighted by Crippen LogP contribution is 2.51. The van der Waals surface area contributed by atoms with E-state index in [0.717, 1.165) is 24.1 Å². The highest BCUT2D eigenvalue weighted by Gasteiger charge is 2.53. The third-order valence-electron chi connectivity index (χ3n) is 4.54. The number of carbonyl (C=O) groups is 1. The third kappa shape index (κ3) is 2.65. The Hall–Kier alpha value is -2.49. The van der Waals surface area contributed by atoms with Gasteiger partial charge in [0.05, 0.1) is 19.6 Å². The number of anilines is 1. The quantitative estimate of drug-likeness (QED) is 0.849. The Labute approximate surface area is 136 Å². The van der Waals surface area contributed by atoms with Gasteiger partial charge in [0.2, 0.25) is 5.91 Å². The van der Waals surface area contributed by atoms with Gasteiger partial charge < -0.3 is 14.4 Å². The van der Waals surface area contributed by atoms with Crippen LogP contribution in [0.4, 0.5) is 5.69 Å². The van der Waals surface area contributed by atoms with Crippen LogP contribution in [0.25, 0.3) is 0 Å². The number of amides is 1. The second-order valence-corrected chi connectivity index (χ2v) is 5.85. The summed E-state index contributed by atoms with van der Waals surface area (Å²) in [5, 5.41) is 0. The molecular weight excluding hydrogens is 290 g/mol. The van der Waals surface area contributed by atoms with Crippen molar-refractivity contribution < 1.29 is 14.3 Å². The van der Waals surface area contributed by atoms with E-state index >= 15 is 0 Å². The maximum Gasteiger partial charge on any atom is 0.237 e. The second kappa shape index (κ2) is 5.95. The molecule has 0 N–H and O–H groups in total. The molecule has 0 heterocycles. The molecule has 2 aromatic rings. The van der Waals surface area contributed by atoms with Gasteiger partial charge in [0.15, 0.2) is 11.5 Å². The number of carbonyl (C=O) groups excluding carboxylic acids is 1. The van der Waals surface area contributed by atoms with Crippen molar-refractivity contribution in [2.45, 2.75) is 18.3 Å². The molecule has 0 saturated heterocycles. The molecule has 0 bridgehead atoms. The summed E-state index contributed by atoms with van der Waals surface area (Å²) in [6, 6.07) is 15.5. The van der Waals surface area contributed by atoms with E-state index < -0.39 is 5.41 Å². The molecule has 1 aliphatic carbocycles. The van der Waals surface area contributed by atoms with Crippen molar-refractivity contribution in [2.24, 2.45) is 0 Å². The first-order valence-corrected chi connectivity index (χ1v) is 7.68. The van der Waals surface area contributed by atoms with Crippen LogP contribution in [0.15, 0.2) is 48.5 Å². The normalized spacial score (nSPS) is 14.9. The minimum atomic E-state index is -0.440. The first kappa shape index (κ1) is 15.4. The average molecular weight is 311 g/mol. The Morgan fingerprint density at radius 2 is 1.65 bits per heavy atom. The van der Waals surface area contributed by atoms with E-state index in [1.807, 2.05) is 55.6 Å². The Morgan fingerprint density at radius 3 is 2.22 bits per heavy atom.